The average Bonchev–Trinajstić information content (AvgIpc) is 3.67. The van der Waals surface area contributed by atoms with Gasteiger partial charge in [-0.1, -0.05) is 31.7 Å². The lowest BCUT2D eigenvalue weighted by Gasteiger charge is -2.19. The number of rotatable bonds is 13. The number of fused-ring (bicyclic) bond motifs is 3. The molecule has 2 amide bonds. The minimum atomic E-state index is -0.392. The van der Waals surface area contributed by atoms with Crippen LogP contribution in [0.25, 0.3) is 11.1 Å². The zero-order valence-corrected chi connectivity index (χ0v) is 27.1. The average molecular weight is 633 g/mol. The van der Waals surface area contributed by atoms with Crippen LogP contribution in [0, 0.1) is 5.92 Å². The predicted octanol–water partition coefficient (Wildman–Crippen LogP) is 4.93. The maximum Gasteiger partial charge on any atom is 0.248 e. The van der Waals surface area contributed by atoms with Gasteiger partial charge in [0.05, 0.1) is 33.1 Å². The highest BCUT2D eigenvalue weighted by atomic mass is 16.5. The Morgan fingerprint density at radius 2 is 1.80 bits per heavy atom. The summed E-state index contributed by atoms with van der Waals surface area (Å²) >= 11 is 0. The van der Waals surface area contributed by atoms with E-state index in [-0.39, 0.29) is 29.6 Å². The molecule has 0 bridgehead atoms. The fourth-order valence-electron chi connectivity index (χ4n) is 6.62. The van der Waals surface area contributed by atoms with Gasteiger partial charge in [0.25, 0.3) is 0 Å². The number of nitrogens with zero attached hydrogens (tertiary/aromatic N) is 2. The van der Waals surface area contributed by atoms with Crippen LogP contribution in [-0.4, -0.2) is 54.9 Å². The van der Waals surface area contributed by atoms with Crippen molar-refractivity contribution >= 4 is 23.5 Å². The van der Waals surface area contributed by atoms with E-state index in [0.717, 1.165) is 41.3 Å². The van der Waals surface area contributed by atoms with Crippen molar-refractivity contribution in [1.82, 2.24) is 20.5 Å². The van der Waals surface area contributed by atoms with Gasteiger partial charge in [0, 0.05) is 31.9 Å². The highest BCUT2D eigenvalue weighted by Crippen LogP contribution is 2.50. The third kappa shape index (κ3) is 7.60. The second-order valence-electron chi connectivity index (χ2n) is 12.0. The Balaban J connectivity index is 1.28. The van der Waals surface area contributed by atoms with Gasteiger partial charge in [0.15, 0.2) is 11.5 Å². The van der Waals surface area contributed by atoms with E-state index in [0.29, 0.717) is 54.3 Å². The number of nitrogens with one attached hydrogen (secondary N) is 4. The van der Waals surface area contributed by atoms with E-state index in [9.17, 15) is 14.4 Å². The number of H-pyrrole nitrogens is 1. The first-order valence-corrected chi connectivity index (χ1v) is 16.0. The van der Waals surface area contributed by atoms with Crippen molar-refractivity contribution in [2.75, 3.05) is 38.5 Å². The lowest BCUT2D eigenvalue weighted by Crippen LogP contribution is -2.26. The molecule has 0 spiro atoms. The van der Waals surface area contributed by atoms with Crippen molar-refractivity contribution in [3.8, 4) is 28.4 Å². The van der Waals surface area contributed by atoms with Crippen LogP contribution in [0.4, 0.5) is 11.6 Å². The van der Waals surface area contributed by atoms with Crippen LogP contribution in [0.1, 0.15) is 81.3 Å². The Labute approximate surface area is 269 Å². The molecule has 1 saturated carbocycles. The minimum Gasteiger partial charge on any atom is -0.493 e. The van der Waals surface area contributed by atoms with Crippen molar-refractivity contribution in [3.05, 3.63) is 51.4 Å². The van der Waals surface area contributed by atoms with Crippen LogP contribution < -0.4 is 35.6 Å². The normalized spacial score (nSPS) is 15.7. The SMILES string of the molecule is COc1cc2c(c(OC)c1OC)-c1ccc(NCCCC(=O)Nc3n[nH]c(CCC4CCCC4)n3)c(=O)cc1[C@H](NC(C)=O)CC2. The monoisotopic (exact) mass is 632 g/mol. The van der Waals surface area contributed by atoms with Crippen molar-refractivity contribution in [3.63, 3.8) is 0 Å². The van der Waals surface area contributed by atoms with Crippen LogP contribution in [-0.2, 0) is 22.4 Å². The zero-order valence-electron chi connectivity index (χ0n) is 27.1. The van der Waals surface area contributed by atoms with Crippen molar-refractivity contribution in [1.29, 1.82) is 0 Å². The fourth-order valence-corrected chi connectivity index (χ4v) is 6.62. The van der Waals surface area contributed by atoms with Crippen LogP contribution in [0.5, 0.6) is 17.2 Å². The van der Waals surface area contributed by atoms with Crippen LogP contribution in [0.15, 0.2) is 29.1 Å². The van der Waals surface area contributed by atoms with Crippen LogP contribution in [0.3, 0.4) is 0 Å². The molecule has 5 rings (SSSR count). The second kappa shape index (κ2) is 15.1. The van der Waals surface area contributed by atoms with E-state index in [1.807, 2.05) is 12.1 Å². The van der Waals surface area contributed by atoms with Crippen molar-refractivity contribution in [2.24, 2.45) is 5.92 Å². The summed E-state index contributed by atoms with van der Waals surface area (Å²) in [6.07, 6.45) is 9.04. The Morgan fingerprint density at radius 3 is 2.52 bits per heavy atom. The number of hydrogen-bond acceptors (Lipinski definition) is 9. The largest absolute Gasteiger partial charge is 0.493 e. The number of ether oxygens (including phenoxy) is 3. The molecule has 4 N–H and O–H groups in total. The van der Waals surface area contributed by atoms with Gasteiger partial charge < -0.3 is 24.8 Å². The predicted molar refractivity (Wildman–Crippen MR) is 176 cm³/mol. The molecule has 12 heteroatoms. The quantitative estimate of drug-likeness (QED) is 0.192. The molecule has 246 valence electrons. The van der Waals surface area contributed by atoms with Gasteiger partial charge in [0.1, 0.15) is 5.82 Å². The summed E-state index contributed by atoms with van der Waals surface area (Å²) in [6, 6.07) is 6.70. The molecule has 2 aliphatic rings. The van der Waals surface area contributed by atoms with E-state index in [1.54, 1.807) is 33.5 Å². The van der Waals surface area contributed by atoms with Gasteiger partial charge in [0.2, 0.25) is 28.9 Å². The van der Waals surface area contributed by atoms with Crippen molar-refractivity contribution < 1.29 is 23.8 Å². The second-order valence-corrected chi connectivity index (χ2v) is 12.0. The third-order valence-corrected chi connectivity index (χ3v) is 8.86. The molecule has 2 aromatic carbocycles. The smallest absolute Gasteiger partial charge is 0.248 e. The molecule has 0 unspecified atom stereocenters. The lowest BCUT2D eigenvalue weighted by atomic mass is 9.95. The third-order valence-electron chi connectivity index (χ3n) is 8.86. The number of amides is 2. The van der Waals surface area contributed by atoms with Gasteiger partial charge in [-0.15, -0.1) is 5.10 Å². The highest BCUT2D eigenvalue weighted by molar-refractivity contribution is 5.89. The van der Waals surface area contributed by atoms with Gasteiger partial charge >= 0.3 is 0 Å². The Bertz CT molecular complexity index is 1620. The summed E-state index contributed by atoms with van der Waals surface area (Å²) in [4.78, 5) is 42.6. The highest BCUT2D eigenvalue weighted by Gasteiger charge is 2.29. The zero-order chi connectivity index (χ0) is 32.6. The first kappa shape index (κ1) is 32.8. The van der Waals surface area contributed by atoms with E-state index < -0.39 is 6.04 Å². The molecule has 0 saturated heterocycles. The number of benzene rings is 1. The molecule has 3 aromatic rings. The summed E-state index contributed by atoms with van der Waals surface area (Å²) in [5.74, 6) is 2.94. The molecule has 46 heavy (non-hydrogen) atoms. The summed E-state index contributed by atoms with van der Waals surface area (Å²) in [7, 11) is 4.69. The van der Waals surface area contributed by atoms with E-state index in [4.69, 9.17) is 14.2 Å². The number of anilines is 2. The first-order valence-electron chi connectivity index (χ1n) is 16.0. The molecule has 12 nitrogen and oxygen atoms in total. The number of aromatic nitrogens is 3. The maximum atomic E-state index is 13.5. The molecule has 1 fully saturated rings. The number of aryl methyl sites for hydroxylation is 2. The Kier molecular flexibility index (Phi) is 10.8. The Hall–Kier alpha value is -4.61. The molecule has 2 aliphatic carbocycles. The minimum absolute atomic E-state index is 0.190. The summed E-state index contributed by atoms with van der Waals surface area (Å²) in [6.45, 7) is 1.87. The molecule has 1 atom stereocenters. The summed E-state index contributed by atoms with van der Waals surface area (Å²) in [5, 5.41) is 16.0. The number of hydrogen-bond donors (Lipinski definition) is 4. The lowest BCUT2D eigenvalue weighted by molar-refractivity contribution is -0.119. The topological polar surface area (TPSA) is 157 Å². The summed E-state index contributed by atoms with van der Waals surface area (Å²) in [5.41, 5.74) is 3.34. The summed E-state index contributed by atoms with van der Waals surface area (Å²) < 4.78 is 17.1. The number of methoxy groups -OCH3 is 3. The van der Waals surface area contributed by atoms with Gasteiger partial charge in [-0.05, 0) is 66.5 Å². The van der Waals surface area contributed by atoms with Crippen LogP contribution in [0.2, 0.25) is 0 Å². The van der Waals surface area contributed by atoms with E-state index in [1.165, 1.54) is 32.6 Å². The molecular formula is C34H44N6O6. The molecule has 1 aromatic heterocycles. The maximum absolute atomic E-state index is 13.5. The number of carbonyl (C=O) groups is 2. The van der Waals surface area contributed by atoms with Gasteiger partial charge in [-0.25, -0.2) is 0 Å². The van der Waals surface area contributed by atoms with Crippen LogP contribution >= 0.6 is 0 Å². The fraction of sp³-hybridized carbons (Fsp3) is 0.500. The van der Waals surface area contributed by atoms with E-state index >= 15 is 0 Å². The molecule has 1 heterocycles. The van der Waals surface area contributed by atoms with Gasteiger partial charge in [-0.3, -0.25) is 24.8 Å². The van der Waals surface area contributed by atoms with Gasteiger partial charge in [-0.2, -0.15) is 4.98 Å². The van der Waals surface area contributed by atoms with E-state index in [2.05, 4.69) is 31.1 Å². The molecule has 0 radical (unpaired) electrons. The number of carbonyl (C=O) groups excluding carboxylic acids is 2. The molecular weight excluding hydrogens is 588 g/mol. The van der Waals surface area contributed by atoms with Crippen molar-refractivity contribution in [2.45, 2.75) is 77.2 Å². The Morgan fingerprint density at radius 1 is 1.02 bits per heavy atom. The standard InChI is InChI=1S/C34H44N6O6/c1-20(41)36-25-14-12-22-18-28(44-2)32(45-3)33(46-4)31(22)23-13-15-26(27(42)19-24(23)25)35-17-7-10-30(43)38-34-37-29(39-40-34)16-11-21-8-5-6-9-21/h13,15,18-19,21,25H,5-12,14,16-17H2,1-4H3,(H,35,42)(H,36,41)(H2,37,38,39,40,43)/t25-/m1/s1. The number of aromatic amines is 1. The molecule has 0 aliphatic heterocycles. The first-order chi connectivity index (χ1) is 22.3.